The van der Waals surface area contributed by atoms with Gasteiger partial charge in [-0.3, -0.25) is 0 Å². The second kappa shape index (κ2) is 14.0. The zero-order valence-electron chi connectivity index (χ0n) is 33.9. The number of para-hydroxylation sites is 2. The molecule has 0 aliphatic heterocycles. The van der Waals surface area contributed by atoms with Crippen LogP contribution in [0.25, 0.3) is 128 Å². The molecule has 0 N–H and O–H groups in total. The van der Waals surface area contributed by atoms with Crippen molar-refractivity contribution in [3.8, 4) is 61.7 Å². The first-order valence-corrected chi connectivity index (χ1v) is 21.2. The molecule has 0 radical (unpaired) electrons. The zero-order valence-corrected chi connectivity index (χ0v) is 33.9. The van der Waals surface area contributed by atoms with Crippen molar-refractivity contribution < 1.29 is 8.83 Å². The first-order chi connectivity index (χ1) is 31.2. The number of aromatic nitrogens is 3. The summed E-state index contributed by atoms with van der Waals surface area (Å²) in [7, 11) is 0. The molecule has 9 aromatic carbocycles. The van der Waals surface area contributed by atoms with Crippen LogP contribution in [0.3, 0.4) is 0 Å². The molecule has 0 saturated carbocycles. The standard InChI is InChI=1S/C58H35N3O2/c1-4-13-36(14-5-1)38-23-25-39(26-24-38)55-57-56(48-35-40(28-32-52(48)63-57)37-15-6-2-7-16-37)60-58(59-55)45-20-12-22-53-54(45)47-34-42(29-31-51(47)62-53)41-27-30-50-46(33-41)44-19-10-11-21-49(44)61(50)43-17-8-3-9-18-43/h1-35H. The predicted octanol–water partition coefficient (Wildman–Crippen LogP) is 15.7. The lowest BCUT2D eigenvalue weighted by molar-refractivity contribution is 0.667. The van der Waals surface area contributed by atoms with Gasteiger partial charge in [-0.1, -0.05) is 152 Å². The van der Waals surface area contributed by atoms with Gasteiger partial charge in [-0.15, -0.1) is 0 Å². The molecule has 0 amide bonds. The fraction of sp³-hybridized carbons (Fsp3) is 0. The Morgan fingerprint density at radius 1 is 0.349 bits per heavy atom. The third-order valence-corrected chi connectivity index (χ3v) is 12.4. The van der Waals surface area contributed by atoms with Crippen molar-refractivity contribution in [2.75, 3.05) is 0 Å². The molecule has 0 atom stereocenters. The summed E-state index contributed by atoms with van der Waals surface area (Å²) in [6.45, 7) is 0. The third kappa shape index (κ3) is 5.71. The van der Waals surface area contributed by atoms with Gasteiger partial charge < -0.3 is 13.4 Å². The fourth-order valence-electron chi connectivity index (χ4n) is 9.42. The van der Waals surface area contributed by atoms with Crippen molar-refractivity contribution in [1.82, 2.24) is 14.5 Å². The maximum absolute atomic E-state index is 6.68. The van der Waals surface area contributed by atoms with Gasteiger partial charge in [0.15, 0.2) is 11.4 Å². The Bertz CT molecular complexity index is 3880. The van der Waals surface area contributed by atoms with E-state index in [4.69, 9.17) is 18.8 Å². The van der Waals surface area contributed by atoms with Crippen LogP contribution in [0.1, 0.15) is 0 Å². The van der Waals surface area contributed by atoms with E-state index < -0.39 is 0 Å². The van der Waals surface area contributed by atoms with Gasteiger partial charge in [0.05, 0.1) is 11.0 Å². The van der Waals surface area contributed by atoms with Crippen molar-refractivity contribution in [3.05, 3.63) is 212 Å². The van der Waals surface area contributed by atoms with Crippen molar-refractivity contribution in [2.24, 2.45) is 0 Å². The van der Waals surface area contributed by atoms with Gasteiger partial charge in [-0.05, 0) is 94.0 Å². The molecular weight excluding hydrogens is 771 g/mol. The molecule has 0 bridgehead atoms. The van der Waals surface area contributed by atoms with Crippen LogP contribution in [0.15, 0.2) is 221 Å². The van der Waals surface area contributed by atoms with E-state index in [2.05, 4.69) is 187 Å². The van der Waals surface area contributed by atoms with E-state index in [0.717, 1.165) is 94.3 Å². The number of benzene rings is 9. The Morgan fingerprint density at radius 2 is 0.905 bits per heavy atom. The summed E-state index contributed by atoms with van der Waals surface area (Å²) in [6, 6.07) is 74.4. The summed E-state index contributed by atoms with van der Waals surface area (Å²) in [6.07, 6.45) is 0. The van der Waals surface area contributed by atoms with Crippen LogP contribution in [0.5, 0.6) is 0 Å². The Kier molecular flexibility index (Phi) is 7.84. The van der Waals surface area contributed by atoms with Crippen LogP contribution in [-0.2, 0) is 0 Å². The number of nitrogens with zero attached hydrogens (tertiary/aromatic N) is 3. The first kappa shape index (κ1) is 35.2. The number of hydrogen-bond acceptors (Lipinski definition) is 4. The van der Waals surface area contributed by atoms with Crippen molar-refractivity contribution in [1.29, 1.82) is 0 Å². The minimum Gasteiger partial charge on any atom is -0.456 e. The molecule has 5 nitrogen and oxygen atoms in total. The number of fused-ring (bicyclic) bond motifs is 9. The van der Waals surface area contributed by atoms with Crippen molar-refractivity contribution >= 4 is 65.8 Å². The second-order valence-electron chi connectivity index (χ2n) is 16.1. The van der Waals surface area contributed by atoms with Gasteiger partial charge in [0.2, 0.25) is 0 Å². The first-order valence-electron chi connectivity index (χ1n) is 21.2. The topological polar surface area (TPSA) is 57.0 Å². The molecule has 13 rings (SSSR count). The van der Waals surface area contributed by atoms with E-state index in [1.54, 1.807) is 0 Å². The highest BCUT2D eigenvalue weighted by Gasteiger charge is 2.22. The maximum Gasteiger partial charge on any atom is 0.180 e. The lowest BCUT2D eigenvalue weighted by Crippen LogP contribution is -1.94. The lowest BCUT2D eigenvalue weighted by Gasteiger charge is -2.09. The normalized spacial score (nSPS) is 11.8. The molecule has 63 heavy (non-hydrogen) atoms. The van der Waals surface area contributed by atoms with Crippen LogP contribution in [0.2, 0.25) is 0 Å². The van der Waals surface area contributed by atoms with Crippen LogP contribution < -0.4 is 0 Å². The second-order valence-corrected chi connectivity index (χ2v) is 16.1. The lowest BCUT2D eigenvalue weighted by atomic mass is 9.99. The molecule has 0 aliphatic carbocycles. The van der Waals surface area contributed by atoms with E-state index in [-0.39, 0.29) is 0 Å². The largest absolute Gasteiger partial charge is 0.456 e. The zero-order chi connectivity index (χ0) is 41.4. The highest BCUT2D eigenvalue weighted by Crippen LogP contribution is 2.42. The van der Waals surface area contributed by atoms with Crippen molar-refractivity contribution in [3.63, 3.8) is 0 Å². The predicted molar refractivity (Wildman–Crippen MR) is 258 cm³/mol. The van der Waals surface area contributed by atoms with E-state index in [0.29, 0.717) is 11.4 Å². The van der Waals surface area contributed by atoms with E-state index in [1.165, 1.54) is 21.8 Å². The Balaban J connectivity index is 1.00. The van der Waals surface area contributed by atoms with Crippen LogP contribution in [-0.4, -0.2) is 14.5 Å². The third-order valence-electron chi connectivity index (χ3n) is 12.4. The Morgan fingerprint density at radius 3 is 1.67 bits per heavy atom. The van der Waals surface area contributed by atoms with Gasteiger partial charge in [0.25, 0.3) is 0 Å². The Hall–Kier alpha value is -8.54. The number of furan rings is 2. The molecule has 0 unspecified atom stereocenters. The molecule has 4 aromatic heterocycles. The van der Waals surface area contributed by atoms with Gasteiger partial charge in [0.1, 0.15) is 28.0 Å². The molecule has 0 spiro atoms. The van der Waals surface area contributed by atoms with Crippen LogP contribution in [0, 0.1) is 0 Å². The average molecular weight is 806 g/mol. The minimum absolute atomic E-state index is 0.603. The molecule has 0 aliphatic rings. The fourth-order valence-corrected chi connectivity index (χ4v) is 9.42. The quantitative estimate of drug-likeness (QED) is 0.168. The van der Waals surface area contributed by atoms with Gasteiger partial charge in [0, 0.05) is 43.7 Å². The summed E-state index contributed by atoms with van der Waals surface area (Å²) >= 11 is 0. The SMILES string of the molecule is c1ccc(-c2ccc(-c3nc(-c4cccc5oc6ccc(-c7ccc8c(c7)c7ccccc7n8-c7ccccc7)cc6c45)nc4c3oc3ccc(-c5ccccc5)cc34)cc2)cc1. The maximum atomic E-state index is 6.68. The van der Waals surface area contributed by atoms with Crippen molar-refractivity contribution in [2.45, 2.75) is 0 Å². The van der Waals surface area contributed by atoms with E-state index in [9.17, 15) is 0 Å². The summed E-state index contributed by atoms with van der Waals surface area (Å²) in [5, 5.41) is 5.34. The molecule has 0 fully saturated rings. The molecule has 5 heteroatoms. The summed E-state index contributed by atoms with van der Waals surface area (Å²) in [5.74, 6) is 0.603. The summed E-state index contributed by atoms with van der Waals surface area (Å²) in [5.41, 5.74) is 16.6. The van der Waals surface area contributed by atoms with Gasteiger partial charge in [-0.2, -0.15) is 0 Å². The van der Waals surface area contributed by atoms with Crippen LogP contribution in [0.4, 0.5) is 0 Å². The van der Waals surface area contributed by atoms with Crippen LogP contribution >= 0.6 is 0 Å². The average Bonchev–Trinajstić information content (AvgIpc) is 4.03. The smallest absolute Gasteiger partial charge is 0.180 e. The monoisotopic (exact) mass is 805 g/mol. The van der Waals surface area contributed by atoms with E-state index >= 15 is 0 Å². The summed E-state index contributed by atoms with van der Waals surface area (Å²) < 4.78 is 15.6. The molecule has 294 valence electrons. The highest BCUT2D eigenvalue weighted by molar-refractivity contribution is 6.15. The van der Waals surface area contributed by atoms with Gasteiger partial charge >= 0.3 is 0 Å². The molecule has 0 saturated heterocycles. The number of hydrogen-bond donors (Lipinski definition) is 0. The molecule has 4 heterocycles. The Labute approximate surface area is 361 Å². The number of rotatable bonds is 6. The van der Waals surface area contributed by atoms with E-state index in [1.807, 2.05) is 30.3 Å². The summed E-state index contributed by atoms with van der Waals surface area (Å²) in [4.78, 5) is 10.8. The van der Waals surface area contributed by atoms with Gasteiger partial charge in [-0.25, -0.2) is 9.97 Å². The molecular formula is C58H35N3O2. The molecule has 13 aromatic rings. The minimum atomic E-state index is 0.603. The highest BCUT2D eigenvalue weighted by atomic mass is 16.3.